The third-order valence-corrected chi connectivity index (χ3v) is 12.6. The molecule has 0 radical (unpaired) electrons. The van der Waals surface area contributed by atoms with Gasteiger partial charge in [0.1, 0.15) is 4.88 Å². The van der Waals surface area contributed by atoms with Gasteiger partial charge >= 0.3 is 5.97 Å². The van der Waals surface area contributed by atoms with Crippen LogP contribution < -0.4 is 16.1 Å². The summed E-state index contributed by atoms with van der Waals surface area (Å²) in [4.78, 5) is 24.7. The fraction of sp³-hybridized carbons (Fsp3) is 0.250. The number of esters is 1. The minimum atomic E-state index is -3.18. The number of rotatable bonds is 7. The number of methoxy groups -OCH3 is 1. The number of halogens is 2. The minimum Gasteiger partial charge on any atom is -0.465 e. The van der Waals surface area contributed by atoms with Gasteiger partial charge in [-0.3, -0.25) is 4.79 Å². The standard InChI is InChI=1S/C24H25BrFNO4SSi/c1-24(2,3)33(15-11-7-5-8-12-15,16-13-9-6-10-14-16)31-19(22(27)28)20-17(25)18(26)21(32-20)23(29)30-4/h5-14,19H,1-4H3,(H2,27,28). The molecular weight excluding hydrogens is 525 g/mol. The van der Waals surface area contributed by atoms with Crippen LogP contribution >= 0.6 is 27.3 Å². The SMILES string of the molecule is COC(=O)c1sc(C(O[Si](c2ccccc2)(c2ccccc2)C(C)(C)C)C(N)=O)c(Br)c1F. The van der Waals surface area contributed by atoms with E-state index < -0.39 is 37.2 Å². The van der Waals surface area contributed by atoms with Crippen molar-refractivity contribution in [2.45, 2.75) is 31.9 Å². The maximum atomic E-state index is 14.9. The third kappa shape index (κ3) is 4.68. The number of thiophene rings is 1. The molecule has 3 rings (SSSR count). The Bertz CT molecular complexity index is 1110. The zero-order chi connectivity index (χ0) is 24.4. The number of hydrogen-bond acceptors (Lipinski definition) is 5. The maximum absolute atomic E-state index is 14.9. The maximum Gasteiger partial charge on any atom is 0.351 e. The molecule has 33 heavy (non-hydrogen) atoms. The summed E-state index contributed by atoms with van der Waals surface area (Å²) in [6.07, 6.45) is -1.29. The molecule has 0 aliphatic heterocycles. The second-order valence-electron chi connectivity index (χ2n) is 8.48. The van der Waals surface area contributed by atoms with E-state index in [9.17, 15) is 14.0 Å². The van der Waals surface area contributed by atoms with Crippen LogP contribution in [0.2, 0.25) is 5.04 Å². The van der Waals surface area contributed by atoms with E-state index in [-0.39, 0.29) is 14.2 Å². The van der Waals surface area contributed by atoms with Gasteiger partial charge < -0.3 is 14.9 Å². The molecular formula is C24H25BrFNO4SSi. The zero-order valence-corrected chi connectivity index (χ0v) is 22.1. The van der Waals surface area contributed by atoms with Crippen molar-refractivity contribution >= 4 is 57.8 Å². The normalized spacial score (nSPS) is 12.9. The Kier molecular flexibility index (Phi) is 7.58. The Balaban J connectivity index is 2.28. The van der Waals surface area contributed by atoms with Crippen LogP contribution in [0.25, 0.3) is 0 Å². The van der Waals surface area contributed by atoms with Crippen molar-refractivity contribution in [3.05, 3.63) is 80.7 Å². The number of carbonyl (C=O) groups is 2. The number of hydrogen-bond donors (Lipinski definition) is 1. The van der Waals surface area contributed by atoms with Gasteiger partial charge in [0, 0.05) is 0 Å². The Morgan fingerprint density at radius 1 is 1.03 bits per heavy atom. The van der Waals surface area contributed by atoms with Crippen LogP contribution in [0.15, 0.2) is 65.1 Å². The highest BCUT2D eigenvalue weighted by Crippen LogP contribution is 2.43. The molecule has 1 heterocycles. The van der Waals surface area contributed by atoms with E-state index in [1.807, 2.05) is 60.7 Å². The summed E-state index contributed by atoms with van der Waals surface area (Å²) in [5.74, 6) is -2.42. The van der Waals surface area contributed by atoms with Gasteiger partial charge in [-0.1, -0.05) is 81.4 Å². The molecule has 1 atom stereocenters. The summed E-state index contributed by atoms with van der Waals surface area (Å²) >= 11 is 3.99. The van der Waals surface area contributed by atoms with Gasteiger partial charge in [0.25, 0.3) is 14.2 Å². The monoisotopic (exact) mass is 549 g/mol. The van der Waals surface area contributed by atoms with Crippen molar-refractivity contribution in [3.63, 3.8) is 0 Å². The van der Waals surface area contributed by atoms with Crippen LogP contribution in [-0.2, 0) is 14.0 Å². The molecule has 0 saturated heterocycles. The van der Waals surface area contributed by atoms with Gasteiger partial charge in [-0.25, -0.2) is 9.18 Å². The van der Waals surface area contributed by atoms with Gasteiger partial charge in [0.2, 0.25) is 0 Å². The lowest BCUT2D eigenvalue weighted by atomic mass is 10.2. The molecule has 3 aromatic rings. The molecule has 2 N–H and O–H groups in total. The van der Waals surface area contributed by atoms with Gasteiger partial charge in [-0.15, -0.1) is 11.3 Å². The summed E-state index contributed by atoms with van der Waals surface area (Å²) in [5, 5.41) is 1.45. The lowest BCUT2D eigenvalue weighted by molar-refractivity contribution is -0.125. The molecule has 0 aliphatic rings. The molecule has 1 aromatic heterocycles. The molecule has 0 fully saturated rings. The fourth-order valence-corrected chi connectivity index (χ4v) is 10.4. The average molecular weight is 551 g/mol. The first kappa shape index (κ1) is 25.3. The summed E-state index contributed by atoms with van der Waals surface area (Å²) in [7, 11) is -2.01. The van der Waals surface area contributed by atoms with E-state index in [0.29, 0.717) is 0 Å². The molecule has 1 unspecified atom stereocenters. The van der Waals surface area contributed by atoms with Crippen molar-refractivity contribution in [2.24, 2.45) is 5.73 Å². The lowest BCUT2D eigenvalue weighted by Gasteiger charge is -2.44. The molecule has 174 valence electrons. The average Bonchev–Trinajstić information content (AvgIpc) is 3.08. The van der Waals surface area contributed by atoms with E-state index in [1.54, 1.807) is 0 Å². The number of primary amides is 1. The van der Waals surface area contributed by atoms with Crippen LogP contribution in [-0.4, -0.2) is 27.3 Å². The van der Waals surface area contributed by atoms with E-state index in [1.165, 1.54) is 7.11 Å². The molecule has 0 spiro atoms. The lowest BCUT2D eigenvalue weighted by Crippen LogP contribution is -2.67. The van der Waals surface area contributed by atoms with E-state index >= 15 is 0 Å². The molecule has 0 saturated carbocycles. The Hall–Kier alpha value is -2.33. The Morgan fingerprint density at radius 3 is 1.91 bits per heavy atom. The minimum absolute atomic E-state index is 0.0327. The van der Waals surface area contributed by atoms with Gasteiger partial charge in [-0.05, 0) is 31.3 Å². The number of ether oxygens (including phenoxy) is 1. The predicted octanol–water partition coefficient (Wildman–Crippen LogP) is 4.54. The molecule has 2 aromatic carbocycles. The quantitative estimate of drug-likeness (QED) is 0.346. The number of carbonyl (C=O) groups excluding carboxylic acids is 2. The summed E-state index contributed by atoms with van der Waals surface area (Å²) in [5.41, 5.74) is 5.82. The zero-order valence-electron chi connectivity index (χ0n) is 18.7. The Labute approximate surface area is 206 Å². The van der Waals surface area contributed by atoms with Gasteiger partial charge in [-0.2, -0.15) is 0 Å². The third-order valence-electron chi connectivity index (χ3n) is 5.40. The largest absolute Gasteiger partial charge is 0.465 e. The highest BCUT2D eigenvalue weighted by molar-refractivity contribution is 9.10. The topological polar surface area (TPSA) is 78.6 Å². The van der Waals surface area contributed by atoms with Crippen molar-refractivity contribution in [1.82, 2.24) is 0 Å². The van der Waals surface area contributed by atoms with Crippen molar-refractivity contribution < 1.29 is 23.1 Å². The molecule has 1 amide bonds. The number of nitrogens with two attached hydrogens (primary N) is 1. The van der Waals surface area contributed by atoms with E-state index in [4.69, 9.17) is 10.2 Å². The predicted molar refractivity (Wildman–Crippen MR) is 134 cm³/mol. The van der Waals surface area contributed by atoms with Gasteiger partial charge in [0.15, 0.2) is 11.9 Å². The van der Waals surface area contributed by atoms with Crippen molar-refractivity contribution in [1.29, 1.82) is 0 Å². The van der Waals surface area contributed by atoms with E-state index in [2.05, 4.69) is 41.4 Å². The van der Waals surface area contributed by atoms with Crippen LogP contribution in [0.5, 0.6) is 0 Å². The van der Waals surface area contributed by atoms with Crippen LogP contribution in [0.1, 0.15) is 41.4 Å². The Morgan fingerprint density at radius 2 is 1.52 bits per heavy atom. The second kappa shape index (κ2) is 9.88. The number of amides is 1. The van der Waals surface area contributed by atoms with Crippen molar-refractivity contribution in [3.8, 4) is 0 Å². The second-order valence-corrected chi connectivity index (χ2v) is 14.6. The summed E-state index contributed by atoms with van der Waals surface area (Å²) in [6, 6.07) is 19.4. The molecule has 9 heteroatoms. The number of benzene rings is 2. The van der Waals surface area contributed by atoms with Gasteiger partial charge in [0.05, 0.1) is 16.5 Å². The highest BCUT2D eigenvalue weighted by Gasteiger charge is 2.53. The molecule has 0 aliphatic carbocycles. The summed E-state index contributed by atoms with van der Waals surface area (Å²) in [6.45, 7) is 6.17. The summed E-state index contributed by atoms with van der Waals surface area (Å²) < 4.78 is 26.3. The molecule has 0 bridgehead atoms. The van der Waals surface area contributed by atoms with E-state index in [0.717, 1.165) is 21.7 Å². The van der Waals surface area contributed by atoms with Crippen LogP contribution in [0, 0.1) is 5.82 Å². The van der Waals surface area contributed by atoms with Crippen molar-refractivity contribution in [2.75, 3.05) is 7.11 Å². The molecule has 5 nitrogen and oxygen atoms in total. The highest BCUT2D eigenvalue weighted by atomic mass is 79.9. The smallest absolute Gasteiger partial charge is 0.351 e. The van der Waals surface area contributed by atoms with Crippen LogP contribution in [0.3, 0.4) is 0 Å². The first-order chi connectivity index (χ1) is 15.5. The first-order valence-corrected chi connectivity index (χ1v) is 13.7. The fourth-order valence-electron chi connectivity index (χ4n) is 3.91. The van der Waals surface area contributed by atoms with Crippen LogP contribution in [0.4, 0.5) is 4.39 Å². The first-order valence-electron chi connectivity index (χ1n) is 10.2.